The van der Waals surface area contributed by atoms with E-state index < -0.39 is 11.8 Å². The quantitative estimate of drug-likeness (QED) is 0.712. The van der Waals surface area contributed by atoms with E-state index in [0.29, 0.717) is 5.57 Å². The molecule has 1 aromatic rings. The van der Waals surface area contributed by atoms with Gasteiger partial charge in [0.15, 0.2) is 11.4 Å². The van der Waals surface area contributed by atoms with Crippen LogP contribution in [0.2, 0.25) is 0 Å². The fourth-order valence-electron chi connectivity index (χ4n) is 1.59. The van der Waals surface area contributed by atoms with Crippen molar-refractivity contribution >= 4 is 11.7 Å². The van der Waals surface area contributed by atoms with Crippen LogP contribution >= 0.6 is 0 Å². The Kier molecular flexibility index (Phi) is 2.31. The van der Waals surface area contributed by atoms with Crippen LogP contribution < -0.4 is 0 Å². The molecule has 1 atom stereocenters. The molecule has 0 aromatic heterocycles. The average molecular weight is 216 g/mol. The Hall–Kier alpha value is -2.03. The summed E-state index contributed by atoms with van der Waals surface area (Å²) >= 11 is 0. The maximum absolute atomic E-state index is 11.1. The fraction of sp³-hybridized carbons (Fsp3) is 0.154. The number of rotatable bonds is 2. The highest BCUT2D eigenvalue weighted by molar-refractivity contribution is 5.79. The second-order valence-electron chi connectivity index (χ2n) is 3.76. The third-order valence-electron chi connectivity index (χ3n) is 2.72. The molecule has 1 heterocycles. The zero-order valence-corrected chi connectivity index (χ0v) is 9.03. The van der Waals surface area contributed by atoms with Crippen LogP contribution in [0.15, 0.2) is 49.2 Å². The molecule has 82 valence electrons. The second kappa shape index (κ2) is 3.52. The number of hydrogen-bond acceptors (Lipinski definition) is 3. The van der Waals surface area contributed by atoms with E-state index >= 15 is 0 Å². The third kappa shape index (κ3) is 1.50. The van der Waals surface area contributed by atoms with Crippen LogP contribution in [0, 0.1) is 0 Å². The van der Waals surface area contributed by atoms with Crippen LogP contribution in [0.3, 0.4) is 0 Å². The highest BCUT2D eigenvalue weighted by Crippen LogP contribution is 2.39. The van der Waals surface area contributed by atoms with Gasteiger partial charge in [-0.3, -0.25) is 0 Å². The molecule has 1 aliphatic rings. The third-order valence-corrected chi connectivity index (χ3v) is 2.72. The van der Waals surface area contributed by atoms with Crippen molar-refractivity contribution in [3.63, 3.8) is 0 Å². The fourth-order valence-corrected chi connectivity index (χ4v) is 1.59. The highest BCUT2D eigenvalue weighted by Gasteiger charge is 2.45. The lowest BCUT2D eigenvalue weighted by atomic mass is 9.90. The minimum Gasteiger partial charge on any atom is -0.415 e. The van der Waals surface area contributed by atoms with Crippen LogP contribution in [-0.2, 0) is 9.47 Å². The molecule has 3 heteroatoms. The lowest BCUT2D eigenvalue weighted by molar-refractivity contribution is 0.104. The predicted octanol–water partition coefficient (Wildman–Crippen LogP) is 3.14. The first-order chi connectivity index (χ1) is 7.54. The predicted molar refractivity (Wildman–Crippen MR) is 60.6 cm³/mol. The van der Waals surface area contributed by atoms with E-state index in [1.807, 2.05) is 30.3 Å². The van der Waals surface area contributed by atoms with Crippen LogP contribution in [0.25, 0.3) is 5.57 Å². The molecule has 1 fully saturated rings. The van der Waals surface area contributed by atoms with E-state index in [9.17, 15) is 4.79 Å². The van der Waals surface area contributed by atoms with Gasteiger partial charge in [-0.2, -0.15) is 0 Å². The van der Waals surface area contributed by atoms with Crippen molar-refractivity contribution in [3.05, 3.63) is 54.8 Å². The molecule has 0 saturated carbocycles. The number of carbonyl (C=O) groups excluding carboxylic acids is 1. The van der Waals surface area contributed by atoms with Gasteiger partial charge in [0.2, 0.25) is 0 Å². The molecule has 3 nitrogen and oxygen atoms in total. The molecule has 1 unspecified atom stereocenters. The topological polar surface area (TPSA) is 35.5 Å². The van der Waals surface area contributed by atoms with Crippen LogP contribution in [0.5, 0.6) is 0 Å². The molecule has 2 rings (SSSR count). The van der Waals surface area contributed by atoms with Crippen molar-refractivity contribution < 1.29 is 14.3 Å². The van der Waals surface area contributed by atoms with Gasteiger partial charge in [-0.15, -0.1) is 0 Å². The Morgan fingerprint density at radius 3 is 2.44 bits per heavy atom. The monoisotopic (exact) mass is 216 g/mol. The Labute approximate surface area is 94.0 Å². The number of hydrogen-bond donors (Lipinski definition) is 0. The molecule has 1 saturated heterocycles. The molecule has 1 aliphatic heterocycles. The molecule has 16 heavy (non-hydrogen) atoms. The summed E-state index contributed by atoms with van der Waals surface area (Å²) in [6.45, 7) is 9.34. The second-order valence-corrected chi connectivity index (χ2v) is 3.76. The van der Waals surface area contributed by atoms with E-state index in [1.165, 1.54) is 0 Å². The van der Waals surface area contributed by atoms with E-state index in [0.717, 1.165) is 5.56 Å². The van der Waals surface area contributed by atoms with Crippen molar-refractivity contribution in [1.82, 2.24) is 0 Å². The normalized spacial score (nSPS) is 23.8. The number of cyclic esters (lactones) is 2. The standard InChI is InChI=1S/C13H12O3/c1-9(11-7-5-4-6-8-11)13(3)10(2)15-12(14)16-13/h4-8H,1-2H2,3H3. The van der Waals surface area contributed by atoms with Gasteiger partial charge >= 0.3 is 6.16 Å². The highest BCUT2D eigenvalue weighted by atomic mass is 16.8. The lowest BCUT2D eigenvalue weighted by Crippen LogP contribution is -2.26. The Morgan fingerprint density at radius 1 is 1.31 bits per heavy atom. The number of benzene rings is 1. The van der Waals surface area contributed by atoms with Crippen molar-refractivity contribution in [2.24, 2.45) is 0 Å². The van der Waals surface area contributed by atoms with E-state index in [4.69, 9.17) is 9.47 Å². The van der Waals surface area contributed by atoms with Gasteiger partial charge in [-0.05, 0) is 12.5 Å². The molecule has 0 aliphatic carbocycles. The Morgan fingerprint density at radius 2 is 1.94 bits per heavy atom. The summed E-state index contributed by atoms with van der Waals surface area (Å²) in [5.74, 6) is 0.270. The largest absolute Gasteiger partial charge is 0.515 e. The van der Waals surface area contributed by atoms with Crippen LogP contribution in [-0.4, -0.2) is 11.8 Å². The van der Waals surface area contributed by atoms with Crippen molar-refractivity contribution in [2.75, 3.05) is 0 Å². The minimum absolute atomic E-state index is 0.270. The smallest absolute Gasteiger partial charge is 0.415 e. The first-order valence-corrected chi connectivity index (χ1v) is 4.89. The summed E-state index contributed by atoms with van der Waals surface area (Å²) < 4.78 is 9.92. The van der Waals surface area contributed by atoms with Gasteiger partial charge in [0.05, 0.1) is 0 Å². The maximum Gasteiger partial charge on any atom is 0.515 e. The van der Waals surface area contributed by atoms with Crippen molar-refractivity contribution in [3.8, 4) is 0 Å². The van der Waals surface area contributed by atoms with Gasteiger partial charge in [-0.25, -0.2) is 4.79 Å². The van der Waals surface area contributed by atoms with Gasteiger partial charge in [0, 0.05) is 5.57 Å². The summed E-state index contributed by atoms with van der Waals surface area (Å²) in [5.41, 5.74) is 0.576. The molecule has 0 amide bonds. The van der Waals surface area contributed by atoms with Crippen LogP contribution in [0.1, 0.15) is 12.5 Å². The molecule has 0 bridgehead atoms. The summed E-state index contributed by atoms with van der Waals surface area (Å²) in [5, 5.41) is 0. The maximum atomic E-state index is 11.1. The van der Waals surface area contributed by atoms with Gasteiger partial charge in [0.1, 0.15) is 0 Å². The lowest BCUT2D eigenvalue weighted by Gasteiger charge is -2.23. The molecular weight excluding hydrogens is 204 g/mol. The van der Waals surface area contributed by atoms with Crippen molar-refractivity contribution in [1.29, 1.82) is 0 Å². The SMILES string of the molecule is C=C1OC(=O)OC1(C)C(=C)c1ccccc1. The summed E-state index contributed by atoms with van der Waals surface area (Å²) in [6, 6.07) is 9.49. The molecule has 0 radical (unpaired) electrons. The zero-order valence-electron chi connectivity index (χ0n) is 9.03. The van der Waals surface area contributed by atoms with Gasteiger partial charge in [0.25, 0.3) is 0 Å². The molecular formula is C13H12O3. The first-order valence-electron chi connectivity index (χ1n) is 4.89. The molecule has 1 aromatic carbocycles. The zero-order chi connectivity index (χ0) is 11.8. The summed E-state index contributed by atoms with van der Waals surface area (Å²) in [7, 11) is 0. The first kappa shape index (κ1) is 10.5. The van der Waals surface area contributed by atoms with E-state index in [1.54, 1.807) is 6.92 Å². The minimum atomic E-state index is -0.974. The van der Waals surface area contributed by atoms with Crippen molar-refractivity contribution in [2.45, 2.75) is 12.5 Å². The van der Waals surface area contributed by atoms with Gasteiger partial charge in [-0.1, -0.05) is 43.5 Å². The number of ether oxygens (including phenoxy) is 2. The van der Waals surface area contributed by atoms with E-state index in [-0.39, 0.29) is 5.76 Å². The Balaban J connectivity index is 2.36. The molecule has 0 spiro atoms. The Bertz CT molecular complexity index is 461. The van der Waals surface area contributed by atoms with Gasteiger partial charge < -0.3 is 9.47 Å². The summed E-state index contributed by atoms with van der Waals surface area (Å²) in [6.07, 6.45) is -0.732. The van der Waals surface area contributed by atoms with Crippen LogP contribution in [0.4, 0.5) is 4.79 Å². The van der Waals surface area contributed by atoms with E-state index in [2.05, 4.69) is 13.2 Å². The number of carbonyl (C=O) groups is 1. The molecule has 0 N–H and O–H groups in total. The average Bonchev–Trinajstić information content (AvgIpc) is 2.54. The summed E-state index contributed by atoms with van der Waals surface area (Å²) in [4.78, 5) is 11.1.